The first-order chi connectivity index (χ1) is 9.47. The fourth-order valence-corrected chi connectivity index (χ4v) is 2.24. The van der Waals surface area contributed by atoms with E-state index >= 15 is 0 Å². The van der Waals surface area contributed by atoms with Crippen molar-refractivity contribution in [3.63, 3.8) is 0 Å². The van der Waals surface area contributed by atoms with E-state index in [9.17, 15) is 13.2 Å². The molecule has 0 saturated heterocycles. The Morgan fingerprint density at radius 3 is 2.30 bits per heavy atom. The van der Waals surface area contributed by atoms with Crippen LogP contribution in [-0.4, -0.2) is 24.3 Å². The minimum Gasteiger partial charge on any atom is -0.348 e. The van der Waals surface area contributed by atoms with Crippen molar-refractivity contribution in [1.82, 2.24) is 15.3 Å². The van der Waals surface area contributed by atoms with Crippen molar-refractivity contribution in [1.29, 1.82) is 0 Å². The van der Waals surface area contributed by atoms with E-state index in [0.717, 1.165) is 5.56 Å². The molecule has 0 aliphatic heterocycles. The van der Waals surface area contributed by atoms with E-state index in [1.807, 2.05) is 0 Å². The second-order valence-electron chi connectivity index (χ2n) is 3.89. The van der Waals surface area contributed by atoms with Crippen LogP contribution in [0.1, 0.15) is 15.9 Å². The van der Waals surface area contributed by atoms with Crippen molar-refractivity contribution in [3.8, 4) is 0 Å². The zero-order chi connectivity index (χ0) is 14.6. The lowest BCUT2D eigenvalue weighted by molar-refractivity contribution is 0.0950. The Morgan fingerprint density at radius 1 is 1.15 bits per heavy atom. The molecule has 0 spiro atoms. The van der Waals surface area contributed by atoms with Gasteiger partial charge in [-0.1, -0.05) is 12.1 Å². The number of halogens is 1. The summed E-state index contributed by atoms with van der Waals surface area (Å²) in [6, 6.07) is 5.93. The predicted octanol–water partition coefficient (Wildman–Crippen LogP) is 1.33. The van der Waals surface area contributed by atoms with Gasteiger partial charge in [0.15, 0.2) is 0 Å². The molecule has 8 heteroatoms. The third-order valence-electron chi connectivity index (χ3n) is 2.48. The van der Waals surface area contributed by atoms with Gasteiger partial charge in [-0.25, -0.2) is 18.4 Å². The highest BCUT2D eigenvalue weighted by molar-refractivity contribution is 8.13. The average Bonchev–Trinajstić information content (AvgIpc) is 2.45. The van der Waals surface area contributed by atoms with E-state index in [2.05, 4.69) is 15.3 Å². The molecule has 1 N–H and O–H groups in total. The first-order valence-corrected chi connectivity index (χ1v) is 7.84. The molecule has 0 aliphatic rings. The molecule has 0 unspecified atom stereocenters. The molecule has 2 rings (SSSR count). The molecule has 104 valence electrons. The van der Waals surface area contributed by atoms with E-state index in [-0.39, 0.29) is 17.3 Å². The third kappa shape index (κ3) is 3.75. The molecule has 6 nitrogen and oxygen atoms in total. The predicted molar refractivity (Wildman–Crippen MR) is 72.7 cm³/mol. The molecule has 20 heavy (non-hydrogen) atoms. The normalized spacial score (nSPS) is 11.1. The number of benzene rings is 1. The molecule has 0 fully saturated rings. The highest BCUT2D eigenvalue weighted by Crippen LogP contribution is 2.15. The summed E-state index contributed by atoms with van der Waals surface area (Å²) in [5, 5.41) is 2.67. The molecule has 1 aromatic carbocycles. The van der Waals surface area contributed by atoms with Gasteiger partial charge in [0.25, 0.3) is 15.0 Å². The number of carbonyl (C=O) groups is 1. The van der Waals surface area contributed by atoms with Gasteiger partial charge in [0.05, 0.1) is 10.5 Å². The van der Waals surface area contributed by atoms with E-state index < -0.39 is 9.05 Å². The van der Waals surface area contributed by atoms with Crippen LogP contribution in [0.15, 0.2) is 47.9 Å². The number of nitrogens with one attached hydrogen (secondary N) is 1. The Balaban J connectivity index is 2.00. The van der Waals surface area contributed by atoms with Gasteiger partial charge >= 0.3 is 0 Å². The van der Waals surface area contributed by atoms with Crippen molar-refractivity contribution in [2.24, 2.45) is 0 Å². The molecule has 0 aliphatic carbocycles. The molecule has 0 bridgehead atoms. The topological polar surface area (TPSA) is 89.0 Å². The van der Waals surface area contributed by atoms with E-state index in [0.29, 0.717) is 5.56 Å². The number of hydrogen-bond acceptors (Lipinski definition) is 5. The highest BCUT2D eigenvalue weighted by atomic mass is 35.7. The minimum atomic E-state index is -3.73. The third-order valence-corrected chi connectivity index (χ3v) is 3.85. The SMILES string of the molecule is O=C(NCc1ccc(S(=O)(=O)Cl)cc1)c1cncnc1. The number of hydrogen-bond donors (Lipinski definition) is 1. The Hall–Kier alpha value is -1.99. The maximum atomic E-state index is 11.7. The lowest BCUT2D eigenvalue weighted by Crippen LogP contribution is -2.23. The Kier molecular flexibility index (Phi) is 4.31. The summed E-state index contributed by atoms with van der Waals surface area (Å²) in [6.45, 7) is 0.260. The maximum Gasteiger partial charge on any atom is 0.261 e. The molecular weight excluding hydrogens is 302 g/mol. The van der Waals surface area contributed by atoms with Gasteiger partial charge in [0.2, 0.25) is 0 Å². The van der Waals surface area contributed by atoms with Crippen molar-refractivity contribution in [3.05, 3.63) is 54.1 Å². The summed E-state index contributed by atoms with van der Waals surface area (Å²) >= 11 is 0. The van der Waals surface area contributed by atoms with E-state index in [1.165, 1.54) is 30.9 Å². The zero-order valence-electron chi connectivity index (χ0n) is 10.2. The van der Waals surface area contributed by atoms with Crippen LogP contribution in [0.2, 0.25) is 0 Å². The standard InChI is InChI=1S/C12H10ClN3O3S/c13-20(18,19)11-3-1-9(2-4-11)5-16-12(17)10-6-14-8-15-7-10/h1-4,6-8H,5H2,(H,16,17). The van der Waals surface area contributed by atoms with Gasteiger partial charge in [0.1, 0.15) is 6.33 Å². The number of carbonyl (C=O) groups excluding carboxylic acids is 1. The van der Waals surface area contributed by atoms with E-state index in [1.54, 1.807) is 12.1 Å². The summed E-state index contributed by atoms with van der Waals surface area (Å²) in [5.74, 6) is -0.306. The summed E-state index contributed by atoms with van der Waals surface area (Å²) < 4.78 is 22.2. The lowest BCUT2D eigenvalue weighted by atomic mass is 10.2. The number of aromatic nitrogens is 2. The van der Waals surface area contributed by atoms with Crippen LogP contribution in [0.4, 0.5) is 0 Å². The van der Waals surface area contributed by atoms with Gasteiger partial charge in [-0.05, 0) is 17.7 Å². The number of amides is 1. The molecule has 0 atom stereocenters. The Morgan fingerprint density at radius 2 is 1.75 bits per heavy atom. The fraction of sp³-hybridized carbons (Fsp3) is 0.0833. The summed E-state index contributed by atoms with van der Waals surface area (Å²) in [4.78, 5) is 19.2. The summed E-state index contributed by atoms with van der Waals surface area (Å²) in [7, 11) is 1.48. The van der Waals surface area contributed by atoms with Crippen LogP contribution in [0, 0.1) is 0 Å². The second kappa shape index (κ2) is 5.98. The van der Waals surface area contributed by atoms with Crippen LogP contribution in [0.25, 0.3) is 0 Å². The molecule has 0 radical (unpaired) electrons. The summed E-state index contributed by atoms with van der Waals surface area (Å²) in [5.41, 5.74) is 1.10. The highest BCUT2D eigenvalue weighted by Gasteiger charge is 2.09. The Bertz CT molecular complexity index is 702. The van der Waals surface area contributed by atoms with Crippen LogP contribution in [-0.2, 0) is 15.6 Å². The molecule has 2 aromatic rings. The zero-order valence-corrected chi connectivity index (χ0v) is 11.7. The van der Waals surface area contributed by atoms with Crippen molar-refractivity contribution >= 4 is 25.6 Å². The average molecular weight is 312 g/mol. The van der Waals surface area contributed by atoms with Gasteiger partial charge in [-0.2, -0.15) is 0 Å². The van der Waals surface area contributed by atoms with Crippen LogP contribution in [0.5, 0.6) is 0 Å². The van der Waals surface area contributed by atoms with E-state index in [4.69, 9.17) is 10.7 Å². The maximum absolute atomic E-state index is 11.7. The van der Waals surface area contributed by atoms with Crippen LogP contribution < -0.4 is 5.32 Å². The van der Waals surface area contributed by atoms with Crippen molar-refractivity contribution in [2.45, 2.75) is 11.4 Å². The first kappa shape index (κ1) is 14.4. The van der Waals surface area contributed by atoms with Gasteiger partial charge in [0, 0.05) is 29.6 Å². The molecular formula is C12H10ClN3O3S. The Labute approximate surface area is 120 Å². The monoisotopic (exact) mass is 311 g/mol. The number of nitrogens with zero attached hydrogens (tertiary/aromatic N) is 2. The van der Waals surface area contributed by atoms with Crippen LogP contribution >= 0.6 is 10.7 Å². The lowest BCUT2D eigenvalue weighted by Gasteiger charge is -2.05. The minimum absolute atomic E-state index is 0.0192. The molecule has 0 saturated carbocycles. The largest absolute Gasteiger partial charge is 0.348 e. The summed E-state index contributed by atoms with van der Waals surface area (Å²) in [6.07, 6.45) is 4.15. The molecule has 1 heterocycles. The fourth-order valence-electron chi connectivity index (χ4n) is 1.47. The molecule has 1 amide bonds. The smallest absolute Gasteiger partial charge is 0.261 e. The van der Waals surface area contributed by atoms with Crippen molar-refractivity contribution < 1.29 is 13.2 Å². The quantitative estimate of drug-likeness (QED) is 0.861. The van der Waals surface area contributed by atoms with Gasteiger partial charge < -0.3 is 5.32 Å². The van der Waals surface area contributed by atoms with Crippen molar-refractivity contribution in [2.75, 3.05) is 0 Å². The molecule has 1 aromatic heterocycles. The van der Waals surface area contributed by atoms with Gasteiger partial charge in [-0.3, -0.25) is 4.79 Å². The second-order valence-corrected chi connectivity index (χ2v) is 6.46. The number of rotatable bonds is 4. The van der Waals surface area contributed by atoms with Gasteiger partial charge in [-0.15, -0.1) is 0 Å². The van der Waals surface area contributed by atoms with Crippen LogP contribution in [0.3, 0.4) is 0 Å². The first-order valence-electron chi connectivity index (χ1n) is 5.53.